The van der Waals surface area contributed by atoms with Crippen LogP contribution in [0.1, 0.15) is 0 Å². The summed E-state index contributed by atoms with van der Waals surface area (Å²) in [4.78, 5) is 0. The van der Waals surface area contributed by atoms with Crippen molar-refractivity contribution in [2.75, 3.05) is 7.11 Å². The average molecular weight is 445 g/mol. The van der Waals surface area contributed by atoms with Gasteiger partial charge in [-0.1, -0.05) is 0 Å². The molecule has 0 atom stereocenters. The minimum Gasteiger partial charge on any atom is -0.726 e. The number of nitrogens with zero attached hydrogens (tertiary/aromatic N) is 2. The van der Waals surface area contributed by atoms with Crippen LogP contribution in [0.15, 0.2) is 13.7 Å². The van der Waals surface area contributed by atoms with Gasteiger partial charge in [-0.15, -0.1) is 9.36 Å². The Labute approximate surface area is 119 Å². The molecular weight excluding hydrogens is 436 g/mol. The third-order valence-electron chi connectivity index (χ3n) is 1.58. The molecule has 0 saturated heterocycles. The van der Waals surface area contributed by atoms with E-state index in [4.69, 9.17) is 0 Å². The van der Waals surface area contributed by atoms with Gasteiger partial charge in [-0.05, 0) is 31.9 Å². The van der Waals surface area contributed by atoms with Gasteiger partial charge in [0.25, 0.3) is 4.60 Å². The number of hydrogen-bond donors (Lipinski definition) is 0. The number of rotatable bonds is 1. The summed E-state index contributed by atoms with van der Waals surface area (Å²) in [5.41, 5.74) is 0. The highest BCUT2D eigenvalue weighted by Gasteiger charge is 2.19. The summed E-state index contributed by atoms with van der Waals surface area (Å²) in [6, 6.07) is 0. The molecule has 0 fully saturated rings. The first-order valence-electron chi connectivity index (χ1n) is 3.68. The Morgan fingerprint density at radius 2 is 1.75 bits per heavy atom. The van der Waals surface area contributed by atoms with E-state index in [0.29, 0.717) is 0 Å². The van der Waals surface area contributed by atoms with Gasteiger partial charge in [0, 0.05) is 15.9 Å². The highest BCUT2D eigenvalue weighted by molar-refractivity contribution is 9.14. The van der Waals surface area contributed by atoms with Crippen molar-refractivity contribution < 1.29 is 21.8 Å². The van der Waals surface area contributed by atoms with Crippen LogP contribution < -0.4 is 4.68 Å². The van der Waals surface area contributed by atoms with E-state index >= 15 is 0 Å². The Bertz CT molecular complexity index is 390. The second-order valence-corrected chi connectivity index (χ2v) is 5.96. The normalized spacial score (nSPS) is 10.9. The number of halogens is 3. The van der Waals surface area contributed by atoms with Crippen molar-refractivity contribution in [1.29, 1.82) is 0 Å². The Hall–Kier alpha value is 0.520. The molecule has 1 heterocycles. The monoisotopic (exact) mass is 442 g/mol. The molecule has 0 N–H and O–H groups in total. The Balaban J connectivity index is 0.000000325. The predicted octanol–water partition coefficient (Wildman–Crippen LogP) is 1.23. The molecule has 1 aromatic heterocycles. The van der Waals surface area contributed by atoms with Gasteiger partial charge in [-0.25, -0.2) is 8.42 Å². The molecule has 0 aliphatic carbocycles. The summed E-state index contributed by atoms with van der Waals surface area (Å²) < 4.78 is 38.1. The smallest absolute Gasteiger partial charge is 0.288 e. The minimum atomic E-state index is -4.41. The van der Waals surface area contributed by atoms with Gasteiger partial charge >= 0.3 is 0 Å². The summed E-state index contributed by atoms with van der Waals surface area (Å²) in [6.45, 7) is 0. The van der Waals surface area contributed by atoms with E-state index in [0.717, 1.165) is 20.8 Å². The zero-order chi connectivity index (χ0) is 13.1. The van der Waals surface area contributed by atoms with E-state index in [1.165, 1.54) is 0 Å². The Morgan fingerprint density at radius 1 is 1.38 bits per heavy atom. The molecule has 16 heavy (non-hydrogen) atoms. The lowest BCUT2D eigenvalue weighted by Crippen LogP contribution is -2.38. The molecule has 0 unspecified atom stereocenters. The van der Waals surface area contributed by atoms with Gasteiger partial charge < -0.3 is 4.55 Å². The molecule has 0 amide bonds. The Morgan fingerprint density at radius 3 is 1.81 bits per heavy atom. The maximum atomic E-state index is 9.22. The lowest BCUT2D eigenvalue weighted by molar-refractivity contribution is -0.761. The number of aromatic nitrogens is 2. The van der Waals surface area contributed by atoms with Gasteiger partial charge in [0.1, 0.15) is 4.47 Å². The zero-order valence-corrected chi connectivity index (χ0v) is 14.1. The average Bonchev–Trinajstić information content (AvgIpc) is 2.37. The van der Waals surface area contributed by atoms with E-state index in [1.54, 1.807) is 0 Å². The fourth-order valence-corrected chi connectivity index (χ4v) is 2.26. The molecule has 1 aromatic rings. The third kappa shape index (κ3) is 4.80. The number of hydrogen-bond acceptors (Lipinski definition) is 4. The van der Waals surface area contributed by atoms with Crippen LogP contribution >= 0.6 is 47.8 Å². The van der Waals surface area contributed by atoms with E-state index in [9.17, 15) is 13.0 Å². The molecule has 0 aromatic carbocycles. The van der Waals surface area contributed by atoms with Crippen LogP contribution in [0.25, 0.3) is 0 Å². The topological polar surface area (TPSA) is 75.2 Å². The molecule has 10 heteroatoms. The standard InChI is InChI=1S/C5H6Br3N2.CH4O4S/c1-9-4(7)3(6)5(8)10(9)2;1-5-6(2,3)4/h1-2H3;1H3,(H,2,3,4)/q+1;/p-1. The molecule has 94 valence electrons. The second kappa shape index (κ2) is 6.45. The summed E-state index contributed by atoms with van der Waals surface area (Å²) in [5.74, 6) is 0. The van der Waals surface area contributed by atoms with E-state index in [-0.39, 0.29) is 0 Å². The molecular formula is C6H9Br3N2O4S. The summed E-state index contributed by atoms with van der Waals surface area (Å²) in [7, 11) is 0.339. The molecule has 0 bridgehead atoms. The van der Waals surface area contributed by atoms with E-state index in [1.807, 2.05) is 23.5 Å². The molecule has 0 aliphatic rings. The first-order chi connectivity index (χ1) is 7.11. The molecule has 1 rings (SSSR count). The van der Waals surface area contributed by atoms with E-state index < -0.39 is 10.4 Å². The summed E-state index contributed by atoms with van der Waals surface area (Å²) in [5, 5.41) is 0. The highest BCUT2D eigenvalue weighted by Crippen LogP contribution is 2.27. The largest absolute Gasteiger partial charge is 0.726 e. The quantitative estimate of drug-likeness (QED) is 0.371. The maximum absolute atomic E-state index is 9.22. The van der Waals surface area contributed by atoms with Crippen molar-refractivity contribution in [3.63, 3.8) is 0 Å². The van der Waals surface area contributed by atoms with Gasteiger partial charge in [-0.2, -0.15) is 0 Å². The van der Waals surface area contributed by atoms with Crippen LogP contribution in [0.2, 0.25) is 0 Å². The first-order valence-corrected chi connectivity index (χ1v) is 7.40. The SMILES string of the molecule is COS(=O)(=O)[O-].Cn1c(Br)c(Br)c(Br)[n+]1C. The van der Waals surface area contributed by atoms with Crippen LogP contribution in [-0.4, -0.2) is 24.8 Å². The van der Waals surface area contributed by atoms with Gasteiger partial charge in [-0.3, -0.25) is 4.18 Å². The van der Waals surface area contributed by atoms with E-state index in [2.05, 4.69) is 52.0 Å². The van der Waals surface area contributed by atoms with Crippen molar-refractivity contribution in [3.05, 3.63) is 13.7 Å². The molecule has 0 saturated carbocycles. The van der Waals surface area contributed by atoms with Gasteiger partial charge in [0.2, 0.25) is 10.4 Å². The summed E-state index contributed by atoms with van der Waals surface area (Å²) in [6.07, 6.45) is 0. The maximum Gasteiger partial charge on any atom is 0.288 e. The van der Waals surface area contributed by atoms with Crippen molar-refractivity contribution in [2.45, 2.75) is 0 Å². The van der Waals surface area contributed by atoms with Crippen molar-refractivity contribution in [3.8, 4) is 0 Å². The highest BCUT2D eigenvalue weighted by atomic mass is 79.9. The van der Waals surface area contributed by atoms with Crippen LogP contribution in [0, 0.1) is 0 Å². The lowest BCUT2D eigenvalue weighted by atomic mass is 10.7. The van der Waals surface area contributed by atoms with Crippen LogP contribution in [0.4, 0.5) is 0 Å². The zero-order valence-electron chi connectivity index (χ0n) is 8.57. The lowest BCUT2D eigenvalue weighted by Gasteiger charge is -1.98. The van der Waals surface area contributed by atoms with Crippen molar-refractivity contribution >= 4 is 58.2 Å². The fraction of sp³-hybridized carbons (Fsp3) is 0.500. The molecule has 0 radical (unpaired) electrons. The fourth-order valence-electron chi connectivity index (χ4n) is 0.633. The molecule has 0 spiro atoms. The third-order valence-corrected chi connectivity index (χ3v) is 5.63. The van der Waals surface area contributed by atoms with Crippen molar-refractivity contribution in [2.24, 2.45) is 14.1 Å². The van der Waals surface area contributed by atoms with Crippen molar-refractivity contribution in [1.82, 2.24) is 4.68 Å². The second-order valence-electron chi connectivity index (χ2n) is 2.52. The minimum absolute atomic E-state index is 0.808. The molecule has 6 nitrogen and oxygen atoms in total. The van der Waals surface area contributed by atoms with Gasteiger partial charge in [0.15, 0.2) is 11.7 Å². The Kier molecular flexibility index (Phi) is 6.66. The van der Waals surface area contributed by atoms with Crippen LogP contribution in [0.3, 0.4) is 0 Å². The van der Waals surface area contributed by atoms with Crippen LogP contribution in [0.5, 0.6) is 0 Å². The molecule has 0 aliphatic heterocycles. The summed E-state index contributed by atoms with van der Waals surface area (Å²) >= 11 is 10.2. The van der Waals surface area contributed by atoms with Gasteiger partial charge in [0.05, 0.1) is 14.2 Å². The predicted molar refractivity (Wildman–Crippen MR) is 66.4 cm³/mol. The first kappa shape index (κ1) is 16.5. The van der Waals surface area contributed by atoms with Crippen LogP contribution in [-0.2, 0) is 28.7 Å².